The first-order chi connectivity index (χ1) is 14.9. The second-order valence-corrected chi connectivity index (χ2v) is 9.24. The smallest absolute Gasteiger partial charge is 0.291 e. The molecule has 4 rings (SSSR count). The first-order valence-corrected chi connectivity index (χ1v) is 11.0. The molecule has 2 aliphatic rings. The Morgan fingerprint density at radius 1 is 1.32 bits per heavy atom. The van der Waals surface area contributed by atoms with Gasteiger partial charge in [-0.25, -0.2) is 4.98 Å². The van der Waals surface area contributed by atoms with Crippen LogP contribution in [0.15, 0.2) is 30.5 Å². The maximum Gasteiger partial charge on any atom is 0.291 e. The van der Waals surface area contributed by atoms with Crippen molar-refractivity contribution < 1.29 is 4.79 Å². The van der Waals surface area contributed by atoms with Crippen LogP contribution in [0.5, 0.6) is 0 Å². The number of amides is 1. The number of nitrogens with one attached hydrogen (secondary N) is 3. The van der Waals surface area contributed by atoms with E-state index in [1.54, 1.807) is 6.20 Å². The monoisotopic (exact) mass is 417 g/mol. The van der Waals surface area contributed by atoms with E-state index >= 15 is 0 Å². The summed E-state index contributed by atoms with van der Waals surface area (Å²) in [6.45, 7) is 9.72. The highest BCUT2D eigenvalue weighted by molar-refractivity contribution is 6.03. The molecule has 1 aliphatic carbocycles. The zero-order valence-electron chi connectivity index (χ0n) is 18.4. The van der Waals surface area contributed by atoms with E-state index in [1.165, 1.54) is 11.1 Å². The van der Waals surface area contributed by atoms with Crippen LogP contribution >= 0.6 is 0 Å². The van der Waals surface area contributed by atoms with E-state index < -0.39 is 0 Å². The lowest BCUT2D eigenvalue weighted by atomic mass is 9.76. The van der Waals surface area contributed by atoms with Gasteiger partial charge in [-0.3, -0.25) is 9.69 Å². The van der Waals surface area contributed by atoms with Crippen molar-refractivity contribution in [2.24, 2.45) is 5.41 Å². The highest BCUT2D eigenvalue weighted by Crippen LogP contribution is 2.40. The van der Waals surface area contributed by atoms with E-state index in [0.29, 0.717) is 11.1 Å². The summed E-state index contributed by atoms with van der Waals surface area (Å²) in [6, 6.07) is 6.39. The molecule has 2 aromatic rings. The Morgan fingerprint density at radius 3 is 2.81 bits per heavy atom. The molecule has 6 nitrogen and oxygen atoms in total. The summed E-state index contributed by atoms with van der Waals surface area (Å²) >= 11 is 0. The second-order valence-electron chi connectivity index (χ2n) is 9.24. The van der Waals surface area contributed by atoms with Crippen LogP contribution < -0.4 is 10.6 Å². The van der Waals surface area contributed by atoms with Gasteiger partial charge in [-0.15, -0.1) is 6.42 Å². The summed E-state index contributed by atoms with van der Waals surface area (Å²) in [5, 5.41) is 6.45. The quantitative estimate of drug-likeness (QED) is 0.650. The van der Waals surface area contributed by atoms with Gasteiger partial charge in [-0.1, -0.05) is 26.0 Å². The van der Waals surface area contributed by atoms with Gasteiger partial charge in [0.15, 0.2) is 5.82 Å². The average Bonchev–Trinajstić information content (AvgIpc) is 3.25. The molecule has 1 aromatic heterocycles. The van der Waals surface area contributed by atoms with Gasteiger partial charge in [0.05, 0.1) is 0 Å². The minimum atomic E-state index is -0.283. The van der Waals surface area contributed by atoms with Gasteiger partial charge in [0.2, 0.25) is 0 Å². The maximum absolute atomic E-state index is 12.8. The predicted molar refractivity (Wildman–Crippen MR) is 125 cm³/mol. The van der Waals surface area contributed by atoms with Gasteiger partial charge < -0.3 is 15.6 Å². The van der Waals surface area contributed by atoms with Crippen LogP contribution in [0.3, 0.4) is 0 Å². The lowest BCUT2D eigenvalue weighted by molar-refractivity contribution is 0.101. The molecule has 1 amide bonds. The van der Waals surface area contributed by atoms with Crippen molar-refractivity contribution in [3.8, 4) is 12.3 Å². The van der Waals surface area contributed by atoms with E-state index in [2.05, 4.69) is 63.5 Å². The lowest BCUT2D eigenvalue weighted by Crippen LogP contribution is -2.42. The average molecular weight is 418 g/mol. The molecular formula is C25H31N5O. The zero-order chi connectivity index (χ0) is 21.8. The van der Waals surface area contributed by atoms with Crippen molar-refractivity contribution >= 4 is 17.2 Å². The first kappa shape index (κ1) is 21.4. The molecule has 3 N–H and O–H groups in total. The molecule has 1 aliphatic heterocycles. The maximum atomic E-state index is 12.8. The first-order valence-electron chi connectivity index (χ1n) is 11.0. The minimum absolute atomic E-state index is 0.225. The number of carbonyl (C=O) groups is 1. The molecule has 1 fully saturated rings. The van der Waals surface area contributed by atoms with Gasteiger partial charge in [-0.05, 0) is 53.9 Å². The van der Waals surface area contributed by atoms with Gasteiger partial charge in [0.1, 0.15) is 5.69 Å². The topological polar surface area (TPSA) is 73.1 Å². The molecule has 6 heteroatoms. The Kier molecular flexibility index (Phi) is 6.26. The van der Waals surface area contributed by atoms with Gasteiger partial charge in [-0.2, -0.15) is 0 Å². The number of H-pyrrole nitrogens is 1. The second kappa shape index (κ2) is 9.09. The zero-order valence-corrected chi connectivity index (χ0v) is 18.4. The van der Waals surface area contributed by atoms with Gasteiger partial charge >= 0.3 is 0 Å². The van der Waals surface area contributed by atoms with Crippen molar-refractivity contribution in [3.63, 3.8) is 0 Å². The Morgan fingerprint density at radius 2 is 2.13 bits per heavy atom. The normalized spacial score (nSPS) is 18.8. The fourth-order valence-corrected chi connectivity index (χ4v) is 4.21. The van der Waals surface area contributed by atoms with E-state index in [9.17, 15) is 4.79 Å². The van der Waals surface area contributed by atoms with Gasteiger partial charge in [0, 0.05) is 50.2 Å². The predicted octanol–water partition coefficient (Wildman–Crippen LogP) is 3.64. The van der Waals surface area contributed by atoms with Crippen molar-refractivity contribution in [1.82, 2.24) is 20.2 Å². The highest BCUT2D eigenvalue weighted by atomic mass is 16.2. The number of terminal acetylenes is 1. The van der Waals surface area contributed by atoms with Crippen LogP contribution in [-0.2, 0) is 6.54 Å². The van der Waals surface area contributed by atoms with Crippen LogP contribution in [0.25, 0.3) is 5.57 Å². The van der Waals surface area contributed by atoms with E-state index in [4.69, 9.17) is 6.42 Å². The number of piperazine rings is 1. The van der Waals surface area contributed by atoms with Crippen LogP contribution in [0, 0.1) is 17.8 Å². The minimum Gasteiger partial charge on any atom is -0.339 e. The molecule has 31 heavy (non-hydrogen) atoms. The van der Waals surface area contributed by atoms with Crippen molar-refractivity contribution in [2.45, 2.75) is 39.7 Å². The summed E-state index contributed by atoms with van der Waals surface area (Å²) in [4.78, 5) is 22.3. The third-order valence-electron chi connectivity index (χ3n) is 6.21. The number of aromatic amines is 1. The molecular weight excluding hydrogens is 386 g/mol. The molecule has 0 bridgehead atoms. The Labute approximate surface area is 184 Å². The molecule has 0 unspecified atom stereocenters. The van der Waals surface area contributed by atoms with E-state index in [0.717, 1.165) is 63.2 Å². The molecule has 162 valence electrons. The summed E-state index contributed by atoms with van der Waals surface area (Å²) in [6.07, 6.45) is 12.5. The van der Waals surface area contributed by atoms with Crippen LogP contribution in [0.1, 0.15) is 60.5 Å². The molecule has 2 heterocycles. The summed E-state index contributed by atoms with van der Waals surface area (Å²) in [7, 11) is 0. The van der Waals surface area contributed by atoms with E-state index in [1.807, 2.05) is 6.07 Å². The Balaban J connectivity index is 1.60. The summed E-state index contributed by atoms with van der Waals surface area (Å²) < 4.78 is 0. The SMILES string of the molecule is C#Cc1c[nH]c(C(=O)Nc2ccc(CN3CCNCC3)cc2C2=CCC(C)(C)CC2)n1. The molecule has 0 spiro atoms. The fourth-order valence-electron chi connectivity index (χ4n) is 4.21. The number of imidazole rings is 1. The number of allylic oxidation sites excluding steroid dienone is 2. The Hall–Kier alpha value is -2.88. The largest absolute Gasteiger partial charge is 0.339 e. The molecule has 1 saturated heterocycles. The molecule has 0 saturated carbocycles. The summed E-state index contributed by atoms with van der Waals surface area (Å²) in [5.41, 5.74) is 5.26. The van der Waals surface area contributed by atoms with Crippen LogP contribution in [0.2, 0.25) is 0 Å². The molecule has 0 atom stereocenters. The number of benzene rings is 1. The lowest BCUT2D eigenvalue weighted by Gasteiger charge is -2.30. The van der Waals surface area contributed by atoms with Gasteiger partial charge in [0.25, 0.3) is 5.91 Å². The fraction of sp³-hybridized carbons (Fsp3) is 0.440. The third kappa shape index (κ3) is 5.25. The number of hydrogen-bond donors (Lipinski definition) is 3. The van der Waals surface area contributed by atoms with Crippen molar-refractivity contribution in [2.75, 3.05) is 31.5 Å². The number of nitrogens with zero attached hydrogens (tertiary/aromatic N) is 2. The highest BCUT2D eigenvalue weighted by Gasteiger charge is 2.24. The van der Waals surface area contributed by atoms with Crippen LogP contribution in [0.4, 0.5) is 5.69 Å². The number of hydrogen-bond acceptors (Lipinski definition) is 4. The molecule has 0 radical (unpaired) electrons. The number of rotatable bonds is 5. The standard InChI is InChI=1S/C25H31N5O/c1-4-20-16-27-23(28-20)24(31)29-22-6-5-18(17-30-13-11-26-12-14-30)15-21(22)19-7-9-25(2,3)10-8-19/h1,5-7,15-16,26H,8-14,17H2,2-3H3,(H,27,28)(H,29,31). The van der Waals surface area contributed by atoms with Crippen molar-refractivity contribution in [3.05, 3.63) is 53.1 Å². The number of aromatic nitrogens is 2. The Bertz CT molecular complexity index is 1020. The van der Waals surface area contributed by atoms with Crippen LogP contribution in [-0.4, -0.2) is 47.0 Å². The molecule has 1 aromatic carbocycles. The van der Waals surface area contributed by atoms with Crippen molar-refractivity contribution in [1.29, 1.82) is 0 Å². The number of carbonyl (C=O) groups excluding carboxylic acids is 1. The summed E-state index contributed by atoms with van der Waals surface area (Å²) in [5.74, 6) is 2.38. The van der Waals surface area contributed by atoms with E-state index in [-0.39, 0.29) is 11.7 Å². The third-order valence-corrected chi connectivity index (χ3v) is 6.21. The number of anilines is 1.